The van der Waals surface area contributed by atoms with E-state index in [0.717, 1.165) is 38.5 Å². The maximum atomic E-state index is 13.5. The van der Waals surface area contributed by atoms with E-state index in [4.69, 9.17) is 0 Å². The van der Waals surface area contributed by atoms with Crippen LogP contribution in [0.5, 0.6) is 0 Å². The summed E-state index contributed by atoms with van der Waals surface area (Å²) in [6.07, 6.45) is 5.25. The third-order valence-corrected chi connectivity index (χ3v) is 3.29. The van der Waals surface area contributed by atoms with Crippen LogP contribution in [0.3, 0.4) is 0 Å². The van der Waals surface area contributed by atoms with Gasteiger partial charge in [-0.1, -0.05) is 53.4 Å². The molecule has 1 heteroatoms. The summed E-state index contributed by atoms with van der Waals surface area (Å²) in [7, 11) is 0. The van der Waals surface area contributed by atoms with Gasteiger partial charge in [0.1, 0.15) is 6.17 Å². The highest BCUT2D eigenvalue weighted by molar-refractivity contribution is 4.75. The lowest BCUT2D eigenvalue weighted by molar-refractivity contribution is 0.169. The van der Waals surface area contributed by atoms with Crippen molar-refractivity contribution in [1.29, 1.82) is 0 Å². The maximum Gasteiger partial charge on any atom is 0.101 e. The van der Waals surface area contributed by atoms with E-state index >= 15 is 0 Å². The zero-order valence-electron chi connectivity index (χ0n) is 9.70. The molecule has 0 saturated heterocycles. The van der Waals surface area contributed by atoms with Gasteiger partial charge in [-0.15, -0.1) is 0 Å². The van der Waals surface area contributed by atoms with Crippen LogP contribution in [0.2, 0.25) is 0 Å². The first kappa shape index (κ1) is 12.9. The Balaban J connectivity index is 3.79. The third-order valence-electron chi connectivity index (χ3n) is 3.29. The molecule has 0 amide bonds. The first-order valence-electron chi connectivity index (χ1n) is 5.72. The van der Waals surface area contributed by atoms with Crippen LogP contribution >= 0.6 is 0 Å². The minimum Gasteiger partial charge on any atom is -0.247 e. The van der Waals surface area contributed by atoms with E-state index in [-0.39, 0.29) is 5.41 Å². The van der Waals surface area contributed by atoms with Crippen molar-refractivity contribution in [3.63, 3.8) is 0 Å². The summed E-state index contributed by atoms with van der Waals surface area (Å²) < 4.78 is 13.5. The van der Waals surface area contributed by atoms with Crippen LogP contribution < -0.4 is 0 Å². The monoisotopic (exact) mass is 188 g/mol. The highest BCUT2D eigenvalue weighted by atomic mass is 19.1. The van der Waals surface area contributed by atoms with Gasteiger partial charge in [-0.3, -0.25) is 0 Å². The molecule has 1 atom stereocenters. The Morgan fingerprint density at radius 3 is 2.08 bits per heavy atom. The summed E-state index contributed by atoms with van der Waals surface area (Å²) in [6.45, 7) is 8.64. The lowest BCUT2D eigenvalue weighted by Crippen LogP contribution is -2.19. The Morgan fingerprint density at radius 2 is 1.69 bits per heavy atom. The predicted octanol–water partition coefficient (Wildman–Crippen LogP) is 4.73. The fourth-order valence-electron chi connectivity index (χ4n) is 1.60. The van der Waals surface area contributed by atoms with Gasteiger partial charge in [0.2, 0.25) is 0 Å². The molecule has 1 unspecified atom stereocenters. The Hall–Kier alpha value is -0.0700. The average Bonchev–Trinajstić information content (AvgIpc) is 2.14. The quantitative estimate of drug-likeness (QED) is 0.541. The van der Waals surface area contributed by atoms with Crippen molar-refractivity contribution in [3.8, 4) is 0 Å². The van der Waals surface area contributed by atoms with Gasteiger partial charge >= 0.3 is 0 Å². The van der Waals surface area contributed by atoms with Gasteiger partial charge in [0, 0.05) is 0 Å². The normalized spacial score (nSPS) is 14.5. The molecule has 0 heterocycles. The lowest BCUT2D eigenvalue weighted by atomic mass is 9.79. The fourth-order valence-corrected chi connectivity index (χ4v) is 1.60. The van der Waals surface area contributed by atoms with Gasteiger partial charge < -0.3 is 0 Å². The summed E-state index contributed by atoms with van der Waals surface area (Å²) in [5, 5.41) is 0. The van der Waals surface area contributed by atoms with Gasteiger partial charge in [-0.2, -0.15) is 0 Å². The Morgan fingerprint density at radius 1 is 1.15 bits per heavy atom. The van der Waals surface area contributed by atoms with Gasteiger partial charge in [0.15, 0.2) is 0 Å². The Bertz CT molecular complexity index is 116. The minimum atomic E-state index is -0.579. The van der Waals surface area contributed by atoms with Crippen molar-refractivity contribution in [2.24, 2.45) is 5.41 Å². The topological polar surface area (TPSA) is 0 Å². The molecule has 0 nitrogen and oxygen atoms in total. The first-order valence-corrected chi connectivity index (χ1v) is 5.72. The van der Waals surface area contributed by atoms with E-state index in [9.17, 15) is 4.39 Å². The van der Waals surface area contributed by atoms with Crippen LogP contribution in [0.25, 0.3) is 0 Å². The fraction of sp³-hybridized carbons (Fsp3) is 1.00. The standard InChI is InChI=1S/C12H25F/c1-5-8-9-11(13)10-12(4,6-2)7-3/h11H,5-10H2,1-4H3. The van der Waals surface area contributed by atoms with Crippen LogP contribution in [0.4, 0.5) is 4.39 Å². The van der Waals surface area contributed by atoms with Crippen molar-refractivity contribution in [2.45, 2.75) is 72.4 Å². The summed E-state index contributed by atoms with van der Waals surface area (Å²) in [5.74, 6) is 0. The highest BCUT2D eigenvalue weighted by Gasteiger charge is 2.23. The number of hydrogen-bond donors (Lipinski definition) is 0. The van der Waals surface area contributed by atoms with Crippen molar-refractivity contribution >= 4 is 0 Å². The molecule has 0 aromatic carbocycles. The number of rotatable bonds is 7. The summed E-state index contributed by atoms with van der Waals surface area (Å²) in [4.78, 5) is 0. The van der Waals surface area contributed by atoms with Gasteiger partial charge in [0.05, 0.1) is 0 Å². The summed E-state index contributed by atoms with van der Waals surface area (Å²) in [6, 6.07) is 0. The van der Waals surface area contributed by atoms with Crippen molar-refractivity contribution in [2.75, 3.05) is 0 Å². The first-order chi connectivity index (χ1) is 6.08. The number of halogens is 1. The van der Waals surface area contributed by atoms with E-state index in [2.05, 4.69) is 27.7 Å². The Labute approximate surface area is 82.9 Å². The molecule has 0 spiro atoms. The average molecular weight is 188 g/mol. The lowest BCUT2D eigenvalue weighted by Gasteiger charge is -2.28. The molecule has 0 rings (SSSR count). The molecular weight excluding hydrogens is 163 g/mol. The van der Waals surface area contributed by atoms with E-state index in [1.54, 1.807) is 0 Å². The molecule has 0 aliphatic rings. The second-order valence-electron chi connectivity index (χ2n) is 4.46. The van der Waals surface area contributed by atoms with Crippen LogP contribution in [-0.4, -0.2) is 6.17 Å². The molecule has 0 fully saturated rings. The summed E-state index contributed by atoms with van der Waals surface area (Å²) >= 11 is 0. The largest absolute Gasteiger partial charge is 0.247 e. The van der Waals surface area contributed by atoms with E-state index < -0.39 is 6.17 Å². The molecule has 0 N–H and O–H groups in total. The number of unbranched alkanes of at least 4 members (excludes halogenated alkanes) is 1. The molecule has 0 bridgehead atoms. The SMILES string of the molecule is CCCCC(F)CC(C)(CC)CC. The van der Waals surface area contributed by atoms with Crippen LogP contribution in [0.15, 0.2) is 0 Å². The zero-order valence-corrected chi connectivity index (χ0v) is 9.70. The second-order valence-corrected chi connectivity index (χ2v) is 4.46. The van der Waals surface area contributed by atoms with Crippen molar-refractivity contribution < 1.29 is 4.39 Å². The van der Waals surface area contributed by atoms with Crippen LogP contribution in [0.1, 0.15) is 66.2 Å². The zero-order chi connectivity index (χ0) is 10.3. The number of hydrogen-bond acceptors (Lipinski definition) is 0. The minimum absolute atomic E-state index is 0.229. The molecule has 0 aromatic rings. The maximum absolute atomic E-state index is 13.5. The van der Waals surface area contributed by atoms with Crippen LogP contribution in [-0.2, 0) is 0 Å². The molecular formula is C12H25F. The van der Waals surface area contributed by atoms with E-state index in [0.29, 0.717) is 0 Å². The molecule has 13 heavy (non-hydrogen) atoms. The molecule has 80 valence electrons. The highest BCUT2D eigenvalue weighted by Crippen LogP contribution is 2.33. The van der Waals surface area contributed by atoms with Crippen molar-refractivity contribution in [1.82, 2.24) is 0 Å². The molecule has 0 saturated carbocycles. The van der Waals surface area contributed by atoms with Crippen LogP contribution in [0, 0.1) is 5.41 Å². The van der Waals surface area contributed by atoms with E-state index in [1.165, 1.54) is 0 Å². The third kappa shape index (κ3) is 5.28. The summed E-state index contributed by atoms with van der Waals surface area (Å²) in [5.41, 5.74) is 0.229. The molecule has 0 aliphatic carbocycles. The predicted molar refractivity (Wildman–Crippen MR) is 57.7 cm³/mol. The Kier molecular flexibility index (Phi) is 6.36. The van der Waals surface area contributed by atoms with Gasteiger partial charge in [0.25, 0.3) is 0 Å². The van der Waals surface area contributed by atoms with Crippen molar-refractivity contribution in [3.05, 3.63) is 0 Å². The van der Waals surface area contributed by atoms with E-state index in [1.807, 2.05) is 0 Å². The van der Waals surface area contributed by atoms with Gasteiger partial charge in [-0.05, 0) is 18.3 Å². The number of alkyl halides is 1. The molecule has 0 aromatic heterocycles. The molecule has 0 aliphatic heterocycles. The smallest absolute Gasteiger partial charge is 0.101 e. The molecule has 0 radical (unpaired) electrons. The van der Waals surface area contributed by atoms with Gasteiger partial charge in [-0.25, -0.2) is 4.39 Å². The second kappa shape index (κ2) is 6.39.